The lowest BCUT2D eigenvalue weighted by Gasteiger charge is -2.34. The Kier molecular flexibility index (Phi) is 5.40. The highest BCUT2D eigenvalue weighted by Gasteiger charge is 2.22. The molecule has 1 aromatic heterocycles. The summed E-state index contributed by atoms with van der Waals surface area (Å²) < 4.78 is 0. The van der Waals surface area contributed by atoms with E-state index in [1.807, 2.05) is 12.4 Å². The Hall–Kier alpha value is -1.35. The lowest BCUT2D eigenvalue weighted by atomic mass is 9.83. The van der Waals surface area contributed by atoms with Gasteiger partial charge in [0, 0.05) is 43.3 Å². The Labute approximate surface area is 129 Å². The van der Waals surface area contributed by atoms with E-state index < -0.39 is 0 Å². The van der Waals surface area contributed by atoms with Crippen molar-refractivity contribution in [2.75, 3.05) is 24.5 Å². The molecule has 0 amide bonds. The predicted molar refractivity (Wildman–Crippen MR) is 90.6 cm³/mol. The van der Waals surface area contributed by atoms with Crippen molar-refractivity contribution < 1.29 is 0 Å². The van der Waals surface area contributed by atoms with E-state index in [0.717, 1.165) is 39.0 Å². The first-order chi connectivity index (χ1) is 10.0. The molecular formula is C18H29N3. The van der Waals surface area contributed by atoms with E-state index in [0.29, 0.717) is 5.41 Å². The van der Waals surface area contributed by atoms with Crippen LogP contribution >= 0.6 is 0 Å². The van der Waals surface area contributed by atoms with E-state index in [1.54, 1.807) is 5.57 Å². The van der Waals surface area contributed by atoms with Crippen molar-refractivity contribution in [3.8, 4) is 0 Å². The van der Waals surface area contributed by atoms with Crippen LogP contribution in [-0.2, 0) is 6.54 Å². The molecule has 116 valence electrons. The number of hydrogen-bond donors (Lipinski definition) is 1. The van der Waals surface area contributed by atoms with Gasteiger partial charge in [0.05, 0.1) is 0 Å². The smallest absolute Gasteiger partial charge is 0.0445 e. The van der Waals surface area contributed by atoms with Gasteiger partial charge in [-0.05, 0) is 30.9 Å². The van der Waals surface area contributed by atoms with Gasteiger partial charge < -0.3 is 10.2 Å². The Morgan fingerprint density at radius 3 is 2.76 bits per heavy atom. The van der Waals surface area contributed by atoms with Crippen molar-refractivity contribution in [2.24, 2.45) is 5.41 Å². The maximum absolute atomic E-state index is 4.29. The van der Waals surface area contributed by atoms with Crippen LogP contribution in [0.5, 0.6) is 0 Å². The van der Waals surface area contributed by atoms with Crippen molar-refractivity contribution in [3.05, 3.63) is 35.7 Å². The van der Waals surface area contributed by atoms with Gasteiger partial charge in [0.15, 0.2) is 0 Å². The minimum atomic E-state index is 0.301. The Morgan fingerprint density at radius 2 is 2.14 bits per heavy atom. The zero-order chi connectivity index (χ0) is 15.3. The SMILES string of the molecule is CCCNCc1cnccc1N1CC=C(C(C)(C)C)CC1. The lowest BCUT2D eigenvalue weighted by molar-refractivity contribution is 0.472. The van der Waals surface area contributed by atoms with Crippen molar-refractivity contribution in [3.63, 3.8) is 0 Å². The van der Waals surface area contributed by atoms with Crippen LogP contribution < -0.4 is 10.2 Å². The second kappa shape index (κ2) is 7.08. The second-order valence-electron chi connectivity index (χ2n) is 6.86. The lowest BCUT2D eigenvalue weighted by Crippen LogP contribution is -2.32. The highest BCUT2D eigenvalue weighted by Crippen LogP contribution is 2.32. The van der Waals surface area contributed by atoms with Crippen molar-refractivity contribution in [1.29, 1.82) is 0 Å². The molecule has 0 aromatic carbocycles. The Morgan fingerprint density at radius 1 is 1.33 bits per heavy atom. The summed E-state index contributed by atoms with van der Waals surface area (Å²) in [6.07, 6.45) is 8.64. The molecule has 0 unspecified atom stereocenters. The molecule has 0 fully saturated rings. The Balaban J connectivity index is 2.08. The molecular weight excluding hydrogens is 258 g/mol. The van der Waals surface area contributed by atoms with Gasteiger partial charge in [0.2, 0.25) is 0 Å². The quantitative estimate of drug-likeness (QED) is 0.660. The summed E-state index contributed by atoms with van der Waals surface area (Å²) >= 11 is 0. The van der Waals surface area contributed by atoms with Crippen LogP contribution in [0.15, 0.2) is 30.1 Å². The molecule has 0 bridgehead atoms. The van der Waals surface area contributed by atoms with Crippen LogP contribution in [0.25, 0.3) is 0 Å². The first-order valence-electron chi connectivity index (χ1n) is 8.10. The normalized spacial score (nSPS) is 16.0. The molecule has 0 saturated heterocycles. The standard InChI is InChI=1S/C18H29N3/c1-5-9-19-13-15-14-20-10-6-17(15)21-11-7-16(8-12-21)18(2,3)4/h6-7,10,14,19H,5,8-9,11-13H2,1-4H3. The minimum Gasteiger partial charge on any atom is -0.367 e. The van der Waals surface area contributed by atoms with Crippen LogP contribution in [-0.4, -0.2) is 24.6 Å². The van der Waals surface area contributed by atoms with Gasteiger partial charge in [0.25, 0.3) is 0 Å². The third-order valence-electron chi connectivity index (χ3n) is 4.13. The fourth-order valence-electron chi connectivity index (χ4n) is 2.83. The highest BCUT2D eigenvalue weighted by molar-refractivity contribution is 5.53. The van der Waals surface area contributed by atoms with Gasteiger partial charge in [-0.25, -0.2) is 0 Å². The van der Waals surface area contributed by atoms with Crippen molar-refractivity contribution in [2.45, 2.75) is 47.1 Å². The van der Waals surface area contributed by atoms with Crippen LogP contribution in [0.4, 0.5) is 5.69 Å². The molecule has 1 N–H and O–H groups in total. The third-order valence-corrected chi connectivity index (χ3v) is 4.13. The number of nitrogens with zero attached hydrogens (tertiary/aromatic N) is 2. The summed E-state index contributed by atoms with van der Waals surface area (Å²) in [7, 11) is 0. The van der Waals surface area contributed by atoms with Gasteiger partial charge >= 0.3 is 0 Å². The predicted octanol–water partition coefficient (Wildman–Crippen LogP) is 3.76. The summed E-state index contributed by atoms with van der Waals surface area (Å²) in [6, 6.07) is 2.15. The molecule has 1 aliphatic rings. The van der Waals surface area contributed by atoms with Crippen LogP contribution in [0.1, 0.15) is 46.1 Å². The fraction of sp³-hybridized carbons (Fsp3) is 0.611. The number of hydrogen-bond acceptors (Lipinski definition) is 3. The molecule has 3 nitrogen and oxygen atoms in total. The molecule has 0 spiro atoms. The van der Waals surface area contributed by atoms with Gasteiger partial charge in [-0.3, -0.25) is 4.98 Å². The van der Waals surface area contributed by atoms with Crippen molar-refractivity contribution in [1.82, 2.24) is 10.3 Å². The maximum Gasteiger partial charge on any atom is 0.0445 e. The number of pyridine rings is 1. The van der Waals surface area contributed by atoms with Gasteiger partial charge in [-0.2, -0.15) is 0 Å². The maximum atomic E-state index is 4.29. The summed E-state index contributed by atoms with van der Waals surface area (Å²) in [6.45, 7) is 13.2. The first-order valence-corrected chi connectivity index (χ1v) is 8.10. The van der Waals surface area contributed by atoms with E-state index in [1.165, 1.54) is 11.3 Å². The number of rotatable bonds is 5. The molecule has 0 aliphatic carbocycles. The van der Waals surface area contributed by atoms with Crippen LogP contribution in [0.2, 0.25) is 0 Å². The first kappa shape index (κ1) is 16.0. The van der Waals surface area contributed by atoms with E-state index in [4.69, 9.17) is 0 Å². The van der Waals surface area contributed by atoms with Crippen molar-refractivity contribution >= 4 is 5.69 Å². The molecule has 1 aliphatic heterocycles. The number of anilines is 1. The second-order valence-corrected chi connectivity index (χ2v) is 6.86. The zero-order valence-electron chi connectivity index (χ0n) is 13.9. The average molecular weight is 287 g/mol. The molecule has 1 aromatic rings. The largest absolute Gasteiger partial charge is 0.367 e. The Bertz CT molecular complexity index is 485. The number of nitrogens with one attached hydrogen (secondary N) is 1. The molecule has 0 saturated carbocycles. The summed E-state index contributed by atoms with van der Waals surface area (Å²) in [5.41, 5.74) is 4.52. The highest BCUT2D eigenvalue weighted by atomic mass is 15.1. The molecule has 0 radical (unpaired) electrons. The summed E-state index contributed by atoms with van der Waals surface area (Å²) in [4.78, 5) is 6.76. The van der Waals surface area contributed by atoms with Gasteiger partial charge in [-0.15, -0.1) is 0 Å². The van der Waals surface area contributed by atoms with Crippen LogP contribution in [0.3, 0.4) is 0 Å². The average Bonchev–Trinajstić information content (AvgIpc) is 2.47. The van der Waals surface area contributed by atoms with Gasteiger partial charge in [-0.1, -0.05) is 39.3 Å². The van der Waals surface area contributed by atoms with E-state index in [9.17, 15) is 0 Å². The molecule has 0 atom stereocenters. The molecule has 2 rings (SSSR count). The summed E-state index contributed by atoms with van der Waals surface area (Å²) in [5.74, 6) is 0. The monoisotopic (exact) mass is 287 g/mol. The number of aromatic nitrogens is 1. The van der Waals surface area contributed by atoms with E-state index in [-0.39, 0.29) is 0 Å². The third kappa shape index (κ3) is 4.31. The minimum absolute atomic E-state index is 0.301. The van der Waals surface area contributed by atoms with E-state index >= 15 is 0 Å². The summed E-state index contributed by atoms with van der Waals surface area (Å²) in [5, 5.41) is 3.48. The molecule has 3 heteroatoms. The topological polar surface area (TPSA) is 28.2 Å². The fourth-order valence-corrected chi connectivity index (χ4v) is 2.83. The van der Waals surface area contributed by atoms with E-state index in [2.05, 4.69) is 55.0 Å². The molecule has 2 heterocycles. The zero-order valence-corrected chi connectivity index (χ0v) is 13.9. The van der Waals surface area contributed by atoms with Gasteiger partial charge in [0.1, 0.15) is 0 Å². The van der Waals surface area contributed by atoms with Crippen LogP contribution in [0, 0.1) is 5.41 Å². The molecule has 21 heavy (non-hydrogen) atoms.